The molecule has 0 saturated carbocycles. The van der Waals surface area contributed by atoms with Gasteiger partial charge in [-0.1, -0.05) is 62.4 Å². The van der Waals surface area contributed by atoms with Crippen molar-refractivity contribution in [1.82, 2.24) is 5.32 Å². The maximum Gasteiger partial charge on any atom is 0.407 e. The number of carbonyl (C=O) groups is 2. The van der Waals surface area contributed by atoms with Gasteiger partial charge in [0.05, 0.1) is 0 Å². The van der Waals surface area contributed by atoms with E-state index in [4.69, 9.17) is 4.74 Å². The van der Waals surface area contributed by atoms with Crippen LogP contribution in [0.2, 0.25) is 0 Å². The lowest BCUT2D eigenvalue weighted by Gasteiger charge is -2.20. The van der Waals surface area contributed by atoms with Crippen molar-refractivity contribution in [3.63, 3.8) is 0 Å². The average molecular weight is 449 g/mol. The topological polar surface area (TPSA) is 55.4 Å². The number of amides is 1. The molecule has 1 atom stereocenters. The molecule has 0 radical (unpaired) electrons. The SMILES string of the molecule is CC(C)[C@H](NC(=O)OCC1c2ccccc2-c2ccccc21)C(=O)I. The summed E-state index contributed by atoms with van der Waals surface area (Å²) in [5, 5.41) is 2.67. The van der Waals surface area contributed by atoms with Crippen LogP contribution in [-0.2, 0) is 9.53 Å². The molecule has 2 aromatic carbocycles. The van der Waals surface area contributed by atoms with E-state index in [0.717, 1.165) is 0 Å². The maximum absolute atomic E-state index is 12.2. The number of alkyl carbamates (subject to hydrolysis) is 1. The van der Waals surface area contributed by atoms with Crippen molar-refractivity contribution in [2.45, 2.75) is 25.8 Å². The minimum atomic E-state index is -0.550. The van der Waals surface area contributed by atoms with E-state index < -0.39 is 12.1 Å². The highest BCUT2D eigenvalue weighted by molar-refractivity contribution is 14.1. The van der Waals surface area contributed by atoms with E-state index in [2.05, 4.69) is 29.6 Å². The van der Waals surface area contributed by atoms with Gasteiger partial charge in [-0.3, -0.25) is 4.79 Å². The lowest BCUT2D eigenvalue weighted by molar-refractivity contribution is -0.112. The molecule has 0 bridgehead atoms. The Balaban J connectivity index is 1.73. The van der Waals surface area contributed by atoms with Gasteiger partial charge in [-0.2, -0.15) is 0 Å². The number of fused-ring (bicyclic) bond motifs is 3. The van der Waals surface area contributed by atoms with Crippen LogP contribution in [0.5, 0.6) is 0 Å². The Morgan fingerprint density at radius 1 is 1.04 bits per heavy atom. The van der Waals surface area contributed by atoms with Crippen LogP contribution in [0.3, 0.4) is 0 Å². The largest absolute Gasteiger partial charge is 0.449 e. The third-order valence-corrected chi connectivity index (χ3v) is 5.20. The zero-order valence-corrected chi connectivity index (χ0v) is 16.3. The Morgan fingerprint density at radius 3 is 2.04 bits per heavy atom. The molecule has 1 aliphatic carbocycles. The van der Waals surface area contributed by atoms with Gasteiger partial charge in [-0.15, -0.1) is 0 Å². The molecule has 0 aromatic heterocycles. The van der Waals surface area contributed by atoms with Crippen LogP contribution in [0.1, 0.15) is 30.9 Å². The molecule has 0 saturated heterocycles. The Kier molecular flexibility index (Phi) is 5.42. The van der Waals surface area contributed by atoms with Gasteiger partial charge in [0, 0.05) is 28.5 Å². The van der Waals surface area contributed by atoms with Gasteiger partial charge in [-0.05, 0) is 28.2 Å². The minimum Gasteiger partial charge on any atom is -0.449 e. The highest BCUT2D eigenvalue weighted by Crippen LogP contribution is 2.44. The summed E-state index contributed by atoms with van der Waals surface area (Å²) >= 11 is 1.71. The second kappa shape index (κ2) is 7.56. The summed E-state index contributed by atoms with van der Waals surface area (Å²) < 4.78 is 5.37. The van der Waals surface area contributed by atoms with E-state index in [9.17, 15) is 9.59 Å². The lowest BCUT2D eigenvalue weighted by Crippen LogP contribution is -2.42. The Morgan fingerprint density at radius 2 is 1.56 bits per heavy atom. The second-order valence-electron chi connectivity index (χ2n) is 6.50. The van der Waals surface area contributed by atoms with E-state index in [0.29, 0.717) is 0 Å². The van der Waals surface area contributed by atoms with Crippen molar-refractivity contribution in [2.75, 3.05) is 6.61 Å². The molecule has 25 heavy (non-hydrogen) atoms. The molecule has 0 fully saturated rings. The third kappa shape index (κ3) is 3.71. The van der Waals surface area contributed by atoms with Gasteiger partial charge in [0.25, 0.3) is 0 Å². The number of hydrogen-bond donors (Lipinski definition) is 1. The summed E-state index contributed by atoms with van der Waals surface area (Å²) in [7, 11) is 0. The van der Waals surface area contributed by atoms with Crippen molar-refractivity contribution < 1.29 is 14.3 Å². The van der Waals surface area contributed by atoms with E-state index in [1.54, 1.807) is 22.6 Å². The lowest BCUT2D eigenvalue weighted by atomic mass is 9.98. The number of carbonyl (C=O) groups excluding carboxylic acids is 2. The number of ether oxygens (including phenoxy) is 1. The molecule has 1 N–H and O–H groups in total. The fraction of sp³-hybridized carbons (Fsp3) is 0.300. The van der Waals surface area contributed by atoms with Crippen LogP contribution >= 0.6 is 22.6 Å². The van der Waals surface area contributed by atoms with Crippen LogP contribution < -0.4 is 5.32 Å². The van der Waals surface area contributed by atoms with Crippen molar-refractivity contribution in [3.8, 4) is 11.1 Å². The summed E-state index contributed by atoms with van der Waals surface area (Å²) in [6.45, 7) is 4.04. The Hall–Kier alpha value is -1.89. The highest BCUT2D eigenvalue weighted by Gasteiger charge is 2.29. The number of halogens is 1. The molecule has 0 heterocycles. The summed E-state index contributed by atoms with van der Waals surface area (Å²) in [4.78, 5) is 23.8. The van der Waals surface area contributed by atoms with Gasteiger partial charge in [-0.25, -0.2) is 4.79 Å². The van der Waals surface area contributed by atoms with E-state index >= 15 is 0 Å². The van der Waals surface area contributed by atoms with Gasteiger partial charge >= 0.3 is 6.09 Å². The number of nitrogens with one attached hydrogen (secondary N) is 1. The fourth-order valence-corrected chi connectivity index (χ4v) is 4.13. The fourth-order valence-electron chi connectivity index (χ4n) is 3.25. The van der Waals surface area contributed by atoms with Crippen LogP contribution in [0.25, 0.3) is 11.1 Å². The van der Waals surface area contributed by atoms with Crippen molar-refractivity contribution in [1.29, 1.82) is 0 Å². The summed E-state index contributed by atoms with van der Waals surface area (Å²) in [5.74, 6) is 0.0378. The van der Waals surface area contributed by atoms with E-state index in [1.165, 1.54) is 22.3 Å². The molecule has 3 rings (SSSR count). The smallest absolute Gasteiger partial charge is 0.407 e. The van der Waals surface area contributed by atoms with Crippen LogP contribution in [0.15, 0.2) is 48.5 Å². The summed E-state index contributed by atoms with van der Waals surface area (Å²) in [6, 6.07) is 15.9. The van der Waals surface area contributed by atoms with Crippen LogP contribution in [0, 0.1) is 5.92 Å². The first-order valence-electron chi connectivity index (χ1n) is 8.30. The summed E-state index contributed by atoms with van der Waals surface area (Å²) in [5.41, 5.74) is 4.72. The van der Waals surface area contributed by atoms with E-state index in [-0.39, 0.29) is 22.2 Å². The first kappa shape index (κ1) is 17.9. The van der Waals surface area contributed by atoms with Crippen molar-refractivity contribution >= 4 is 32.5 Å². The minimum absolute atomic E-state index is 0.0184. The monoisotopic (exact) mass is 449 g/mol. The molecule has 5 heteroatoms. The van der Waals surface area contributed by atoms with Gasteiger partial charge in [0.2, 0.25) is 3.79 Å². The Bertz CT molecular complexity index is 758. The molecule has 1 amide bonds. The quantitative estimate of drug-likeness (QED) is 0.540. The first-order valence-corrected chi connectivity index (χ1v) is 9.37. The molecule has 0 spiro atoms. The van der Waals surface area contributed by atoms with Crippen LogP contribution in [0.4, 0.5) is 4.79 Å². The molecule has 0 aliphatic heterocycles. The zero-order chi connectivity index (χ0) is 18.0. The molecule has 1 aliphatic rings. The van der Waals surface area contributed by atoms with Gasteiger partial charge in [0.15, 0.2) is 0 Å². The molecule has 4 nitrogen and oxygen atoms in total. The van der Waals surface area contributed by atoms with Crippen molar-refractivity contribution in [2.24, 2.45) is 5.92 Å². The number of hydrogen-bond acceptors (Lipinski definition) is 3. The molecular formula is C20H20INO3. The van der Waals surface area contributed by atoms with E-state index in [1.807, 2.05) is 38.1 Å². The molecule has 2 aromatic rings. The predicted molar refractivity (Wildman–Crippen MR) is 106 cm³/mol. The van der Waals surface area contributed by atoms with Crippen molar-refractivity contribution in [3.05, 3.63) is 59.7 Å². The van der Waals surface area contributed by atoms with Crippen LogP contribution in [-0.4, -0.2) is 22.5 Å². The van der Waals surface area contributed by atoms with Gasteiger partial charge < -0.3 is 10.1 Å². The average Bonchev–Trinajstić information content (AvgIpc) is 2.91. The highest BCUT2D eigenvalue weighted by atomic mass is 127. The number of rotatable bonds is 5. The second-order valence-corrected chi connectivity index (χ2v) is 7.56. The Labute approximate surface area is 161 Å². The summed E-state index contributed by atoms with van der Waals surface area (Å²) in [6.07, 6.45) is -0.550. The zero-order valence-electron chi connectivity index (χ0n) is 14.2. The normalized spacial score (nSPS) is 13.9. The molecular weight excluding hydrogens is 429 g/mol. The first-order chi connectivity index (χ1) is 12.0. The predicted octanol–water partition coefficient (Wildman–Crippen LogP) is 4.51. The number of benzene rings is 2. The maximum atomic E-state index is 12.2. The molecule has 130 valence electrons. The standard InChI is InChI=1S/C20H20INO3/c1-12(2)18(19(21)23)22-20(24)25-11-17-15-9-5-3-7-13(15)14-8-4-6-10-16(14)17/h3-10,12,17-18H,11H2,1-2H3,(H,22,24)/t18-/m0/s1. The third-order valence-electron chi connectivity index (χ3n) is 4.53. The van der Waals surface area contributed by atoms with Gasteiger partial charge in [0.1, 0.15) is 12.6 Å². The molecule has 0 unspecified atom stereocenters.